The molecule has 0 heterocycles. The molecule has 0 aromatic heterocycles. The van der Waals surface area contributed by atoms with E-state index >= 15 is 0 Å². The molecule has 0 unspecified atom stereocenters. The van der Waals surface area contributed by atoms with Gasteiger partial charge in [0.25, 0.3) is 0 Å². The van der Waals surface area contributed by atoms with Gasteiger partial charge in [0.15, 0.2) is 0 Å². The van der Waals surface area contributed by atoms with Crippen LogP contribution in [0.3, 0.4) is 0 Å². The van der Waals surface area contributed by atoms with E-state index in [1.807, 2.05) is 54.6 Å². The van der Waals surface area contributed by atoms with Crippen LogP contribution in [0.5, 0.6) is 5.75 Å². The summed E-state index contributed by atoms with van der Waals surface area (Å²) in [6.07, 6.45) is 10.0. The van der Waals surface area contributed by atoms with E-state index in [1.54, 1.807) is 6.07 Å². The molecule has 0 saturated carbocycles. The smallest absolute Gasteiger partial charge is 0.109 e. The molecule has 0 amide bonds. The summed E-state index contributed by atoms with van der Waals surface area (Å²) in [7, 11) is 0. The molecule has 1 nitrogen and oxygen atoms in total. The van der Waals surface area contributed by atoms with Crippen molar-refractivity contribution in [2.24, 2.45) is 0 Å². The fourth-order valence-electron chi connectivity index (χ4n) is 0.950. The molecule has 1 aromatic rings. The van der Waals surface area contributed by atoms with Gasteiger partial charge in [0.1, 0.15) is 0 Å². The predicted molar refractivity (Wildman–Crippen MR) is 75.8 cm³/mol. The maximum absolute atomic E-state index is 9.08. The number of para-hydroxylation sites is 1. The number of allylic oxidation sites excluding steroid dienone is 4. The molecule has 1 aromatic carbocycles. The van der Waals surface area contributed by atoms with Crippen molar-refractivity contribution in [3.8, 4) is 5.75 Å². The predicted octanol–water partition coefficient (Wildman–Crippen LogP) is 3.69. The second-order valence-electron chi connectivity index (χ2n) is 2.71. The van der Waals surface area contributed by atoms with E-state index in [9.17, 15) is 0 Å². The van der Waals surface area contributed by atoms with Crippen LogP contribution >= 0.6 is 24.8 Å². The fourth-order valence-corrected chi connectivity index (χ4v) is 1.33. The molecule has 0 fully saturated rings. The molecular formula is C13H16Cl2OTi. The Labute approximate surface area is 127 Å². The number of phenolic OH excluding ortho intramolecular Hbond substituents is 1. The molecule has 0 spiro atoms. The molecule has 1 aliphatic carbocycles. The molecule has 0 radical (unpaired) electrons. The number of benzene rings is 1. The van der Waals surface area contributed by atoms with Crippen molar-refractivity contribution in [1.29, 1.82) is 0 Å². The number of rotatable bonds is 1. The first-order chi connectivity index (χ1) is 6.84. The summed E-state index contributed by atoms with van der Waals surface area (Å²) < 4.78 is 1.87. The summed E-state index contributed by atoms with van der Waals surface area (Å²) in [6, 6.07) is 7.25. The summed E-state index contributed by atoms with van der Waals surface area (Å²) >= 11 is 1.90. The van der Waals surface area contributed by atoms with Gasteiger partial charge in [-0.2, -0.15) is 6.08 Å². The van der Waals surface area contributed by atoms with E-state index < -0.39 is 0 Å². The minimum atomic E-state index is 0. The van der Waals surface area contributed by atoms with Gasteiger partial charge in [0.2, 0.25) is 0 Å². The summed E-state index contributed by atoms with van der Waals surface area (Å²) in [4.78, 5) is 0. The first-order valence-electron chi connectivity index (χ1n) is 4.35. The molecular weight excluding hydrogens is 291 g/mol. The molecule has 4 heteroatoms. The number of phenols is 1. The number of halogens is 2. The largest absolute Gasteiger partial charge is 0.358 e. The van der Waals surface area contributed by atoms with Crippen LogP contribution in [0.4, 0.5) is 0 Å². The van der Waals surface area contributed by atoms with Crippen molar-refractivity contribution >= 4 is 29.1 Å². The molecule has 17 heavy (non-hydrogen) atoms. The average Bonchev–Trinajstić information content (AvgIpc) is 2.76. The molecule has 0 bridgehead atoms. The maximum atomic E-state index is 9.08. The third kappa shape index (κ3) is 9.37. The van der Waals surface area contributed by atoms with Crippen molar-refractivity contribution in [3.05, 3.63) is 61.6 Å². The quantitative estimate of drug-likeness (QED) is 0.620. The van der Waals surface area contributed by atoms with Crippen molar-refractivity contribution < 1.29 is 25.1 Å². The van der Waals surface area contributed by atoms with Crippen LogP contribution in [0.1, 0.15) is 12.0 Å². The van der Waals surface area contributed by atoms with Crippen molar-refractivity contribution in [1.82, 2.24) is 0 Å². The Bertz CT molecular complexity index is 352. The van der Waals surface area contributed by atoms with Gasteiger partial charge in [0, 0.05) is 0 Å². The standard InChI is InChI=1S/C7H6O.C5H5.CH3.2ClH.Ti/c1-6-4-2-3-5-7(6)8;1-2-4-5-3-1;;;;/h1-5,8H;1-3H,4H2;1H3;2*1H;/q;2*-1;;;+2. The average molecular weight is 307 g/mol. The number of aromatic hydroxyl groups is 1. The molecule has 0 saturated heterocycles. The third-order valence-corrected chi connectivity index (χ3v) is 2.16. The van der Waals surface area contributed by atoms with E-state index in [1.165, 1.54) is 0 Å². The maximum Gasteiger partial charge on any atom is -0.109 e. The second kappa shape index (κ2) is 13.7. The zero-order chi connectivity index (χ0) is 10.2. The minimum absolute atomic E-state index is 0. The first-order valence-corrected chi connectivity index (χ1v) is 5.25. The molecule has 2 rings (SSSR count). The van der Waals surface area contributed by atoms with E-state index in [0.29, 0.717) is 5.75 Å². The Morgan fingerprint density at radius 1 is 1.24 bits per heavy atom. The van der Waals surface area contributed by atoms with Crippen LogP contribution in [0.25, 0.3) is 0 Å². The van der Waals surface area contributed by atoms with Crippen molar-refractivity contribution in [2.45, 2.75) is 6.42 Å². The van der Waals surface area contributed by atoms with Crippen molar-refractivity contribution in [3.63, 3.8) is 0 Å². The molecule has 92 valence electrons. The van der Waals surface area contributed by atoms with E-state index in [2.05, 4.69) is 12.2 Å². The summed E-state index contributed by atoms with van der Waals surface area (Å²) in [6.45, 7) is 0. The SMILES string of the molecule is Cl.Cl.Oc1ccccc1[CH]=[Ti+2].[C-]1=CC=CC1.[CH3-]. The van der Waals surface area contributed by atoms with Gasteiger partial charge in [-0.15, -0.1) is 31.2 Å². The van der Waals surface area contributed by atoms with Gasteiger partial charge in [-0.3, -0.25) is 6.08 Å². The van der Waals surface area contributed by atoms with Gasteiger partial charge < -0.3 is 7.43 Å². The third-order valence-electron chi connectivity index (χ3n) is 1.68. The molecule has 1 N–H and O–H groups in total. The van der Waals surface area contributed by atoms with Crippen LogP contribution in [0.15, 0.2) is 42.5 Å². The van der Waals surface area contributed by atoms with Crippen LogP contribution in [-0.4, -0.2) is 9.42 Å². The van der Waals surface area contributed by atoms with Crippen LogP contribution < -0.4 is 0 Å². The zero-order valence-corrected chi connectivity index (χ0v) is 12.8. The Morgan fingerprint density at radius 3 is 2.18 bits per heavy atom. The Kier molecular flexibility index (Phi) is 17.7. The van der Waals surface area contributed by atoms with E-state index in [4.69, 9.17) is 5.11 Å². The van der Waals surface area contributed by atoms with Gasteiger partial charge in [0.05, 0.1) is 0 Å². The van der Waals surface area contributed by atoms with Gasteiger partial charge in [-0.05, 0) is 0 Å². The number of hydrogen-bond donors (Lipinski definition) is 1. The first kappa shape index (κ1) is 21.9. The molecule has 1 aliphatic rings. The fraction of sp³-hybridized carbons (Fsp3) is 0.0769. The van der Waals surface area contributed by atoms with Gasteiger partial charge in [-0.1, -0.05) is 0 Å². The molecule has 0 atom stereocenters. The topological polar surface area (TPSA) is 20.2 Å². The normalized spacial score (nSPS) is 10.0. The number of hydrogen-bond acceptors (Lipinski definition) is 1. The van der Waals surface area contributed by atoms with Gasteiger partial charge >= 0.3 is 65.0 Å². The van der Waals surface area contributed by atoms with Crippen molar-refractivity contribution in [2.75, 3.05) is 0 Å². The zero-order valence-electron chi connectivity index (χ0n) is 9.59. The summed E-state index contributed by atoms with van der Waals surface area (Å²) in [5, 5.41) is 9.08. The Morgan fingerprint density at radius 2 is 1.88 bits per heavy atom. The van der Waals surface area contributed by atoms with Crippen LogP contribution in [0, 0.1) is 13.5 Å². The second-order valence-corrected chi connectivity index (χ2v) is 3.16. The Balaban J connectivity index is -0.000000216. The van der Waals surface area contributed by atoms with E-state index in [0.717, 1.165) is 12.0 Å². The summed E-state index contributed by atoms with van der Waals surface area (Å²) in [5.74, 6) is 0.347. The minimum Gasteiger partial charge on any atom is -0.358 e. The van der Waals surface area contributed by atoms with Crippen LogP contribution in [0.2, 0.25) is 0 Å². The van der Waals surface area contributed by atoms with E-state index in [-0.39, 0.29) is 32.2 Å². The van der Waals surface area contributed by atoms with Gasteiger partial charge in [-0.25, -0.2) is 12.2 Å². The summed E-state index contributed by atoms with van der Waals surface area (Å²) in [5.41, 5.74) is 0.887. The molecule has 0 aliphatic heterocycles. The monoisotopic (exact) mass is 306 g/mol. The Hall–Kier alpha value is -0.336. The van der Waals surface area contributed by atoms with Crippen LogP contribution in [-0.2, 0) is 20.0 Å².